The van der Waals surface area contributed by atoms with Gasteiger partial charge in [0.05, 0.1) is 18.8 Å². The Balaban J connectivity index is 1.70. The standard InChI is InChI=1S/C22H29N7O5S/c1-13(2)34-19(20-24-9-14(3)10-25-20)15(4)35(30,31)28-22-27-26-21-18-17(7-6-8-23-18)33-12-16(11-32-5)29(21)22/h6-10,13,15-16,19H,11-12H2,1-5H3,(H,27,28)/t15?,16-,19?/m1/s1. The van der Waals surface area contributed by atoms with E-state index in [1.165, 1.54) is 0 Å². The molecular weight excluding hydrogens is 474 g/mol. The SMILES string of the molecule is COC[C@@H]1COc2cccnc2-c2nnc(NS(=O)(=O)C(C)C(OC(C)C)c3ncc(C)cn3)n21. The van der Waals surface area contributed by atoms with Crippen LogP contribution in [0.15, 0.2) is 30.7 Å². The van der Waals surface area contributed by atoms with Gasteiger partial charge in [0.15, 0.2) is 11.6 Å². The van der Waals surface area contributed by atoms with Crippen molar-refractivity contribution in [3.63, 3.8) is 0 Å². The monoisotopic (exact) mass is 503 g/mol. The molecule has 3 aromatic rings. The van der Waals surface area contributed by atoms with E-state index in [0.717, 1.165) is 5.56 Å². The molecule has 0 radical (unpaired) electrons. The fourth-order valence-electron chi connectivity index (χ4n) is 3.73. The van der Waals surface area contributed by atoms with E-state index in [9.17, 15) is 8.42 Å². The minimum absolute atomic E-state index is 0.0316. The van der Waals surface area contributed by atoms with Gasteiger partial charge in [0, 0.05) is 25.7 Å². The molecule has 4 rings (SSSR count). The van der Waals surface area contributed by atoms with Crippen molar-refractivity contribution in [2.75, 3.05) is 25.0 Å². The fraction of sp³-hybridized carbons (Fsp3) is 0.500. The summed E-state index contributed by atoms with van der Waals surface area (Å²) in [5.74, 6) is 1.22. The second-order valence-corrected chi connectivity index (χ2v) is 10.6. The summed E-state index contributed by atoms with van der Waals surface area (Å²) in [5.41, 5.74) is 1.32. The Morgan fingerprint density at radius 2 is 1.94 bits per heavy atom. The maximum absolute atomic E-state index is 13.5. The average molecular weight is 504 g/mol. The van der Waals surface area contributed by atoms with E-state index in [1.54, 1.807) is 49.3 Å². The van der Waals surface area contributed by atoms with E-state index in [4.69, 9.17) is 14.2 Å². The number of anilines is 1. The van der Waals surface area contributed by atoms with Crippen molar-refractivity contribution in [1.29, 1.82) is 0 Å². The molecule has 0 saturated heterocycles. The number of aromatic nitrogens is 6. The van der Waals surface area contributed by atoms with E-state index in [-0.39, 0.29) is 31.1 Å². The summed E-state index contributed by atoms with van der Waals surface area (Å²) in [6.45, 7) is 7.52. The van der Waals surface area contributed by atoms with Gasteiger partial charge >= 0.3 is 0 Å². The van der Waals surface area contributed by atoms with Crippen LogP contribution in [-0.4, -0.2) is 69.8 Å². The van der Waals surface area contributed by atoms with E-state index in [0.29, 0.717) is 17.3 Å². The molecule has 0 saturated carbocycles. The lowest BCUT2D eigenvalue weighted by molar-refractivity contribution is 0.00152. The fourth-order valence-corrected chi connectivity index (χ4v) is 4.82. The summed E-state index contributed by atoms with van der Waals surface area (Å²) in [6.07, 6.45) is 3.71. The number of hydrogen-bond donors (Lipinski definition) is 1. The molecule has 0 aliphatic carbocycles. The Bertz CT molecular complexity index is 1260. The molecule has 35 heavy (non-hydrogen) atoms. The molecule has 3 atom stereocenters. The summed E-state index contributed by atoms with van der Waals surface area (Å²) in [5, 5.41) is 7.32. The van der Waals surface area contributed by atoms with Gasteiger partial charge in [-0.3, -0.25) is 9.29 Å². The Labute approximate surface area is 204 Å². The lowest BCUT2D eigenvalue weighted by Crippen LogP contribution is -2.35. The Kier molecular flexibility index (Phi) is 7.28. The summed E-state index contributed by atoms with van der Waals surface area (Å²) in [4.78, 5) is 13.0. The number of nitrogens with zero attached hydrogens (tertiary/aromatic N) is 6. The predicted molar refractivity (Wildman–Crippen MR) is 127 cm³/mol. The highest BCUT2D eigenvalue weighted by atomic mass is 32.2. The smallest absolute Gasteiger partial charge is 0.240 e. The summed E-state index contributed by atoms with van der Waals surface area (Å²) >= 11 is 0. The number of methoxy groups -OCH3 is 1. The molecule has 4 heterocycles. The molecule has 188 valence electrons. The van der Waals surface area contributed by atoms with Gasteiger partial charge in [-0.15, -0.1) is 10.2 Å². The number of aryl methyl sites for hydroxylation is 1. The van der Waals surface area contributed by atoms with Crippen LogP contribution in [0.3, 0.4) is 0 Å². The molecule has 12 nitrogen and oxygen atoms in total. The Morgan fingerprint density at radius 3 is 2.63 bits per heavy atom. The number of ether oxygens (including phenoxy) is 3. The third-order valence-corrected chi connectivity index (χ3v) is 7.15. The average Bonchev–Trinajstić information content (AvgIpc) is 3.15. The summed E-state index contributed by atoms with van der Waals surface area (Å²) in [6, 6.07) is 3.14. The second kappa shape index (κ2) is 10.2. The van der Waals surface area contributed by atoms with Crippen LogP contribution >= 0.6 is 0 Å². The van der Waals surface area contributed by atoms with Crippen LogP contribution in [-0.2, 0) is 19.5 Å². The van der Waals surface area contributed by atoms with E-state index in [2.05, 4.69) is 29.9 Å². The van der Waals surface area contributed by atoms with E-state index in [1.807, 2.05) is 20.8 Å². The third-order valence-electron chi connectivity index (χ3n) is 5.46. The van der Waals surface area contributed by atoms with Crippen molar-refractivity contribution in [2.24, 2.45) is 0 Å². The van der Waals surface area contributed by atoms with Crippen molar-refractivity contribution in [3.8, 4) is 17.3 Å². The summed E-state index contributed by atoms with van der Waals surface area (Å²) < 4.78 is 48.5. The third kappa shape index (κ3) is 5.26. The molecule has 13 heteroatoms. The number of fused-ring (bicyclic) bond motifs is 3. The van der Waals surface area contributed by atoms with Gasteiger partial charge in [0.25, 0.3) is 0 Å². The molecule has 0 amide bonds. The molecule has 0 fully saturated rings. The molecule has 0 bridgehead atoms. The molecular formula is C22H29N7O5S. The Hall–Kier alpha value is -3.16. The van der Waals surface area contributed by atoms with Gasteiger partial charge in [-0.25, -0.2) is 23.4 Å². The van der Waals surface area contributed by atoms with Crippen LogP contribution in [0.4, 0.5) is 5.95 Å². The molecule has 2 unspecified atom stereocenters. The van der Waals surface area contributed by atoms with Crippen molar-refractivity contribution < 1.29 is 22.6 Å². The minimum Gasteiger partial charge on any atom is -0.489 e. The predicted octanol–water partition coefficient (Wildman–Crippen LogP) is 2.31. The maximum Gasteiger partial charge on any atom is 0.240 e. The molecule has 1 aliphatic heterocycles. The van der Waals surface area contributed by atoms with Crippen LogP contribution < -0.4 is 9.46 Å². The first-order chi connectivity index (χ1) is 16.7. The van der Waals surface area contributed by atoms with Crippen LogP contribution in [0.25, 0.3) is 11.5 Å². The molecule has 1 aliphatic rings. The lowest BCUT2D eigenvalue weighted by atomic mass is 10.2. The van der Waals surface area contributed by atoms with Crippen LogP contribution in [0.2, 0.25) is 0 Å². The number of sulfonamides is 1. The van der Waals surface area contributed by atoms with Crippen molar-refractivity contribution in [1.82, 2.24) is 29.7 Å². The zero-order valence-corrected chi connectivity index (χ0v) is 21.1. The van der Waals surface area contributed by atoms with E-state index < -0.39 is 27.4 Å². The highest BCUT2D eigenvalue weighted by Crippen LogP contribution is 2.35. The van der Waals surface area contributed by atoms with Gasteiger partial charge in [-0.05, 0) is 45.4 Å². The normalized spacial score (nSPS) is 17.1. The van der Waals surface area contributed by atoms with Gasteiger partial charge in [-0.2, -0.15) is 0 Å². The minimum atomic E-state index is -4.03. The van der Waals surface area contributed by atoms with Crippen molar-refractivity contribution in [3.05, 3.63) is 42.1 Å². The first kappa shape index (κ1) is 24.9. The van der Waals surface area contributed by atoms with Crippen LogP contribution in [0.5, 0.6) is 5.75 Å². The van der Waals surface area contributed by atoms with Gasteiger partial charge in [-0.1, -0.05) is 0 Å². The molecule has 0 aromatic carbocycles. The molecule has 3 aromatic heterocycles. The molecule has 0 spiro atoms. The van der Waals surface area contributed by atoms with Crippen LogP contribution in [0, 0.1) is 6.92 Å². The second-order valence-electron chi connectivity index (χ2n) is 8.56. The zero-order chi connectivity index (χ0) is 25.2. The molecule has 1 N–H and O–H groups in total. The number of rotatable bonds is 9. The van der Waals surface area contributed by atoms with Crippen molar-refractivity contribution >= 4 is 16.0 Å². The number of hydrogen-bond acceptors (Lipinski definition) is 10. The van der Waals surface area contributed by atoms with Crippen LogP contribution in [0.1, 0.15) is 44.3 Å². The largest absolute Gasteiger partial charge is 0.489 e. The van der Waals surface area contributed by atoms with Gasteiger partial charge in [0.2, 0.25) is 16.0 Å². The lowest BCUT2D eigenvalue weighted by Gasteiger charge is -2.26. The van der Waals surface area contributed by atoms with Gasteiger partial charge in [0.1, 0.15) is 29.4 Å². The maximum atomic E-state index is 13.5. The van der Waals surface area contributed by atoms with Crippen molar-refractivity contribution in [2.45, 2.75) is 51.2 Å². The van der Waals surface area contributed by atoms with Gasteiger partial charge < -0.3 is 14.2 Å². The first-order valence-electron chi connectivity index (χ1n) is 11.2. The first-order valence-corrected chi connectivity index (χ1v) is 12.7. The Morgan fingerprint density at radius 1 is 1.20 bits per heavy atom. The highest BCUT2D eigenvalue weighted by molar-refractivity contribution is 7.93. The topological polar surface area (TPSA) is 143 Å². The zero-order valence-electron chi connectivity index (χ0n) is 20.2. The highest BCUT2D eigenvalue weighted by Gasteiger charge is 2.37. The number of pyridine rings is 1. The number of nitrogens with one attached hydrogen (secondary N) is 1. The summed E-state index contributed by atoms with van der Waals surface area (Å²) in [7, 11) is -2.47. The quantitative estimate of drug-likeness (QED) is 0.462. The van der Waals surface area contributed by atoms with E-state index >= 15 is 0 Å².